The first-order valence-corrected chi connectivity index (χ1v) is 9.43. The Hall–Kier alpha value is -3.01. The van der Waals surface area contributed by atoms with Crippen molar-refractivity contribution in [1.29, 1.82) is 0 Å². The fourth-order valence-corrected chi connectivity index (χ4v) is 3.32. The minimum Gasteiger partial charge on any atom is -0.393 e. The Morgan fingerprint density at radius 1 is 1.06 bits per heavy atom. The van der Waals surface area contributed by atoms with Crippen LogP contribution in [0.5, 0.6) is 0 Å². The Labute approximate surface area is 174 Å². The van der Waals surface area contributed by atoms with E-state index < -0.39 is 52.5 Å². The van der Waals surface area contributed by atoms with Gasteiger partial charge in [0.1, 0.15) is 0 Å². The zero-order valence-electron chi connectivity index (χ0n) is 16.4. The van der Waals surface area contributed by atoms with Gasteiger partial charge in [-0.2, -0.15) is 8.78 Å². The zero-order chi connectivity index (χ0) is 22.9. The van der Waals surface area contributed by atoms with Crippen molar-refractivity contribution < 1.29 is 36.6 Å². The minimum absolute atomic E-state index is 0.0174. The molecule has 1 heterocycles. The molecule has 10 heteroatoms. The van der Waals surface area contributed by atoms with E-state index in [4.69, 9.17) is 0 Å². The largest absolute Gasteiger partial charge is 0.393 e. The van der Waals surface area contributed by atoms with Gasteiger partial charge in [0.2, 0.25) is 0 Å². The Morgan fingerprint density at radius 3 is 2.23 bits per heavy atom. The highest BCUT2D eigenvalue weighted by molar-refractivity contribution is 6.04. The number of amides is 2. The lowest BCUT2D eigenvalue weighted by Gasteiger charge is -2.32. The number of likely N-dealkylation sites (tertiary alicyclic amines) is 1. The lowest BCUT2D eigenvalue weighted by Crippen LogP contribution is -2.47. The van der Waals surface area contributed by atoms with Crippen LogP contribution in [0.1, 0.15) is 34.3 Å². The van der Waals surface area contributed by atoms with E-state index in [9.17, 15) is 36.6 Å². The molecule has 31 heavy (non-hydrogen) atoms. The maximum Gasteiger partial charge on any atom is 0.350 e. The molecule has 2 N–H and O–H groups in total. The number of hydrogen-bond donors (Lipinski definition) is 2. The topological polar surface area (TPSA) is 69.6 Å². The lowest BCUT2D eigenvalue weighted by atomic mass is 9.97. The molecule has 3 rings (SSSR count). The third-order valence-electron chi connectivity index (χ3n) is 5.10. The number of rotatable bonds is 4. The fraction of sp³-hybridized carbons (Fsp3) is 0.333. The molecule has 0 spiro atoms. The van der Waals surface area contributed by atoms with Crippen molar-refractivity contribution >= 4 is 17.5 Å². The second-order valence-electron chi connectivity index (χ2n) is 7.34. The molecule has 0 atom stereocenters. The van der Waals surface area contributed by atoms with Crippen molar-refractivity contribution in [1.82, 2.24) is 4.90 Å². The van der Waals surface area contributed by atoms with E-state index in [2.05, 4.69) is 5.32 Å². The normalized spacial score (nSPS) is 15.1. The van der Waals surface area contributed by atoms with Gasteiger partial charge in [-0.1, -0.05) is 6.07 Å². The Bertz CT molecular complexity index is 997. The van der Waals surface area contributed by atoms with E-state index in [0.717, 1.165) is 11.0 Å². The number of carbonyl (C=O) groups excluding carboxylic acids is 2. The number of nitrogens with zero attached hydrogens (tertiary/aromatic N) is 1. The third kappa shape index (κ3) is 4.68. The van der Waals surface area contributed by atoms with Gasteiger partial charge < -0.3 is 15.3 Å². The van der Waals surface area contributed by atoms with Gasteiger partial charge in [0, 0.05) is 42.0 Å². The predicted octanol–water partition coefficient (Wildman–Crippen LogP) is 3.74. The van der Waals surface area contributed by atoms with Crippen LogP contribution in [-0.4, -0.2) is 41.0 Å². The number of anilines is 1. The van der Waals surface area contributed by atoms with Crippen molar-refractivity contribution in [2.75, 3.05) is 18.4 Å². The van der Waals surface area contributed by atoms with Crippen LogP contribution in [-0.2, 0) is 10.7 Å². The van der Waals surface area contributed by atoms with Crippen LogP contribution in [0.4, 0.5) is 27.6 Å². The molecule has 0 saturated carbocycles. The molecule has 2 aromatic carbocycles. The molecule has 1 aliphatic rings. The summed E-state index contributed by atoms with van der Waals surface area (Å²) in [4.78, 5) is 25.8. The first-order chi connectivity index (χ1) is 14.5. The average molecular weight is 442 g/mol. The van der Waals surface area contributed by atoms with Crippen molar-refractivity contribution in [2.45, 2.75) is 31.8 Å². The van der Waals surface area contributed by atoms with E-state index >= 15 is 0 Å². The molecule has 166 valence electrons. The second kappa shape index (κ2) is 8.62. The molecule has 1 fully saturated rings. The molecule has 0 unspecified atom stereocenters. The molecule has 1 aliphatic heterocycles. The van der Waals surface area contributed by atoms with Gasteiger partial charge in [-0.25, -0.2) is 13.2 Å². The number of halogens is 5. The Kier molecular flexibility index (Phi) is 6.30. The first kappa shape index (κ1) is 22.7. The summed E-state index contributed by atoms with van der Waals surface area (Å²) < 4.78 is 69.7. The molecule has 2 amide bonds. The molecule has 5 nitrogen and oxygen atoms in total. The highest BCUT2D eigenvalue weighted by Crippen LogP contribution is 2.34. The summed E-state index contributed by atoms with van der Waals surface area (Å²) in [5.74, 6) is -11.1. The standard InChI is InChI=1S/C21H19F5N2O3/c1-11-2-3-12(19(30)27-13-9-16(22)18(24)17(23)10-13)8-15(11)21(25,26)20(31)28-6-4-14(29)5-7-28/h2-3,8-10,14,29H,4-7H2,1H3,(H,27,30). The monoisotopic (exact) mass is 442 g/mol. The molecular formula is C21H19F5N2O3. The highest BCUT2D eigenvalue weighted by Gasteiger charge is 2.45. The van der Waals surface area contributed by atoms with E-state index in [-0.39, 0.29) is 37.1 Å². The van der Waals surface area contributed by atoms with Crippen LogP contribution in [0.15, 0.2) is 30.3 Å². The second-order valence-corrected chi connectivity index (χ2v) is 7.34. The van der Waals surface area contributed by atoms with Gasteiger partial charge in [0.15, 0.2) is 17.5 Å². The molecule has 0 bridgehead atoms. The quantitative estimate of drug-likeness (QED) is 0.560. The van der Waals surface area contributed by atoms with Crippen LogP contribution < -0.4 is 5.32 Å². The maximum atomic E-state index is 15.0. The van der Waals surface area contributed by atoms with E-state index in [1.807, 2.05) is 0 Å². The van der Waals surface area contributed by atoms with Gasteiger partial charge in [-0.3, -0.25) is 9.59 Å². The molecule has 0 aliphatic carbocycles. The van der Waals surface area contributed by atoms with E-state index in [1.54, 1.807) is 0 Å². The van der Waals surface area contributed by atoms with E-state index in [1.165, 1.54) is 19.1 Å². The molecular weight excluding hydrogens is 423 g/mol. The fourth-order valence-electron chi connectivity index (χ4n) is 3.32. The number of piperidine rings is 1. The van der Waals surface area contributed by atoms with Crippen molar-refractivity contribution in [2.24, 2.45) is 0 Å². The summed E-state index contributed by atoms with van der Waals surface area (Å²) in [6, 6.07) is 4.36. The summed E-state index contributed by atoms with van der Waals surface area (Å²) in [7, 11) is 0. The number of aryl methyl sites for hydroxylation is 1. The van der Waals surface area contributed by atoms with Crippen LogP contribution >= 0.6 is 0 Å². The third-order valence-corrected chi connectivity index (χ3v) is 5.10. The Balaban J connectivity index is 1.85. The summed E-state index contributed by atoms with van der Waals surface area (Å²) in [5, 5.41) is 11.6. The number of aliphatic hydroxyl groups excluding tert-OH is 1. The zero-order valence-corrected chi connectivity index (χ0v) is 16.4. The summed E-state index contributed by atoms with van der Waals surface area (Å²) in [6.07, 6.45) is -0.269. The number of nitrogens with one attached hydrogen (secondary N) is 1. The molecule has 1 saturated heterocycles. The summed E-state index contributed by atoms with van der Waals surface area (Å²) >= 11 is 0. The summed E-state index contributed by atoms with van der Waals surface area (Å²) in [6.45, 7) is 1.32. The minimum atomic E-state index is -3.93. The maximum absolute atomic E-state index is 15.0. The lowest BCUT2D eigenvalue weighted by molar-refractivity contribution is -0.161. The first-order valence-electron chi connectivity index (χ1n) is 9.43. The molecule has 0 radical (unpaired) electrons. The van der Waals surface area contributed by atoms with Crippen LogP contribution in [0, 0.1) is 24.4 Å². The van der Waals surface area contributed by atoms with Crippen LogP contribution in [0.25, 0.3) is 0 Å². The van der Waals surface area contributed by atoms with Gasteiger partial charge in [-0.05, 0) is 37.5 Å². The van der Waals surface area contributed by atoms with Crippen molar-refractivity contribution in [3.8, 4) is 0 Å². The summed E-state index contributed by atoms with van der Waals surface area (Å²) in [5.41, 5.74) is -1.32. The SMILES string of the molecule is Cc1ccc(C(=O)Nc2cc(F)c(F)c(F)c2)cc1C(F)(F)C(=O)N1CCC(O)CC1. The van der Waals surface area contributed by atoms with Gasteiger partial charge >= 0.3 is 5.92 Å². The van der Waals surface area contributed by atoms with Gasteiger partial charge in [0.25, 0.3) is 11.8 Å². The number of carbonyl (C=O) groups is 2. The highest BCUT2D eigenvalue weighted by atomic mass is 19.3. The van der Waals surface area contributed by atoms with Crippen LogP contribution in [0.2, 0.25) is 0 Å². The Morgan fingerprint density at radius 2 is 1.65 bits per heavy atom. The van der Waals surface area contributed by atoms with E-state index in [0.29, 0.717) is 12.1 Å². The molecule has 2 aromatic rings. The number of aliphatic hydroxyl groups is 1. The van der Waals surface area contributed by atoms with Crippen molar-refractivity contribution in [3.63, 3.8) is 0 Å². The number of alkyl halides is 2. The van der Waals surface area contributed by atoms with Gasteiger partial charge in [-0.15, -0.1) is 0 Å². The smallest absolute Gasteiger partial charge is 0.350 e. The number of benzene rings is 2. The van der Waals surface area contributed by atoms with Crippen LogP contribution in [0.3, 0.4) is 0 Å². The number of hydrogen-bond acceptors (Lipinski definition) is 3. The predicted molar refractivity (Wildman–Crippen MR) is 101 cm³/mol. The average Bonchev–Trinajstić information content (AvgIpc) is 2.72. The van der Waals surface area contributed by atoms with Crippen molar-refractivity contribution in [3.05, 3.63) is 64.5 Å². The van der Waals surface area contributed by atoms with Gasteiger partial charge in [0.05, 0.1) is 6.10 Å². The molecule has 0 aromatic heterocycles.